The van der Waals surface area contributed by atoms with Gasteiger partial charge in [-0.05, 0) is 23.8 Å². The molecule has 16 heavy (non-hydrogen) atoms. The van der Waals surface area contributed by atoms with Crippen molar-refractivity contribution in [2.45, 2.75) is 12.5 Å². The largest absolute Gasteiger partial charge is 0.388 e. The lowest BCUT2D eigenvalue weighted by Crippen LogP contribution is -2.02. The van der Waals surface area contributed by atoms with Crippen LogP contribution >= 0.6 is 0 Å². The number of benzene rings is 1. The van der Waals surface area contributed by atoms with Gasteiger partial charge in [0.2, 0.25) is 0 Å². The molecule has 1 unspecified atom stereocenters. The molecule has 0 saturated heterocycles. The fourth-order valence-electron chi connectivity index (χ4n) is 1.46. The smallest absolute Gasteiger partial charge is 0.123 e. The van der Waals surface area contributed by atoms with E-state index >= 15 is 0 Å². The minimum Gasteiger partial charge on any atom is -0.388 e. The van der Waals surface area contributed by atoms with Gasteiger partial charge in [0.05, 0.1) is 12.3 Å². The Labute approximate surface area is 92.6 Å². The summed E-state index contributed by atoms with van der Waals surface area (Å²) in [4.78, 5) is 0. The molecule has 0 saturated carbocycles. The van der Waals surface area contributed by atoms with Gasteiger partial charge in [0.15, 0.2) is 0 Å². The van der Waals surface area contributed by atoms with Gasteiger partial charge in [0, 0.05) is 18.2 Å². The average Bonchev–Trinajstić information content (AvgIpc) is 2.33. The molecule has 0 aliphatic heterocycles. The van der Waals surface area contributed by atoms with Crippen LogP contribution in [0, 0.1) is 5.82 Å². The van der Waals surface area contributed by atoms with Crippen molar-refractivity contribution in [3.8, 4) is 0 Å². The first-order chi connectivity index (χ1) is 7.75. The van der Waals surface area contributed by atoms with E-state index in [1.807, 2.05) is 0 Å². The van der Waals surface area contributed by atoms with E-state index in [1.165, 1.54) is 24.5 Å². The number of rotatable bonds is 3. The van der Waals surface area contributed by atoms with Crippen LogP contribution in [0.3, 0.4) is 0 Å². The summed E-state index contributed by atoms with van der Waals surface area (Å²) < 4.78 is 12.7. The Morgan fingerprint density at radius 1 is 1.12 bits per heavy atom. The standard InChI is InChI=1S/C12H11FN2O/c13-11-3-1-9(2-4-11)7-12(16)10-5-6-14-15-8-10/h1-6,8,12,16H,7H2. The predicted molar refractivity (Wildman–Crippen MR) is 57.1 cm³/mol. The summed E-state index contributed by atoms with van der Waals surface area (Å²) in [7, 11) is 0. The van der Waals surface area contributed by atoms with Crippen LogP contribution in [0.5, 0.6) is 0 Å². The number of hydrogen-bond acceptors (Lipinski definition) is 3. The maximum atomic E-state index is 12.7. The molecular formula is C12H11FN2O. The third-order valence-electron chi connectivity index (χ3n) is 2.33. The van der Waals surface area contributed by atoms with Crippen molar-refractivity contribution in [2.24, 2.45) is 0 Å². The Bertz CT molecular complexity index is 444. The van der Waals surface area contributed by atoms with Crippen molar-refractivity contribution in [3.05, 3.63) is 59.7 Å². The molecule has 1 aromatic heterocycles. The van der Waals surface area contributed by atoms with Gasteiger partial charge in [-0.2, -0.15) is 10.2 Å². The lowest BCUT2D eigenvalue weighted by Gasteiger charge is -2.09. The Morgan fingerprint density at radius 2 is 1.88 bits per heavy atom. The van der Waals surface area contributed by atoms with Crippen LogP contribution in [-0.4, -0.2) is 15.3 Å². The molecule has 1 atom stereocenters. The van der Waals surface area contributed by atoms with E-state index in [4.69, 9.17) is 0 Å². The van der Waals surface area contributed by atoms with Gasteiger partial charge in [0.25, 0.3) is 0 Å². The third kappa shape index (κ3) is 2.61. The van der Waals surface area contributed by atoms with Gasteiger partial charge in [-0.25, -0.2) is 4.39 Å². The Hall–Kier alpha value is -1.81. The van der Waals surface area contributed by atoms with Gasteiger partial charge >= 0.3 is 0 Å². The maximum absolute atomic E-state index is 12.7. The second-order valence-electron chi connectivity index (χ2n) is 3.52. The summed E-state index contributed by atoms with van der Waals surface area (Å²) in [5.74, 6) is -0.274. The quantitative estimate of drug-likeness (QED) is 0.855. The first-order valence-electron chi connectivity index (χ1n) is 4.95. The summed E-state index contributed by atoms with van der Waals surface area (Å²) in [5, 5.41) is 17.2. The van der Waals surface area contributed by atoms with Crippen molar-refractivity contribution in [2.75, 3.05) is 0 Å². The van der Waals surface area contributed by atoms with Crippen molar-refractivity contribution in [3.63, 3.8) is 0 Å². The molecule has 0 radical (unpaired) electrons. The van der Waals surface area contributed by atoms with Gasteiger partial charge in [-0.1, -0.05) is 12.1 Å². The van der Waals surface area contributed by atoms with E-state index in [9.17, 15) is 9.50 Å². The zero-order valence-corrected chi connectivity index (χ0v) is 8.55. The van der Waals surface area contributed by atoms with Gasteiger partial charge in [0.1, 0.15) is 5.82 Å². The second kappa shape index (κ2) is 4.81. The highest BCUT2D eigenvalue weighted by Crippen LogP contribution is 2.16. The van der Waals surface area contributed by atoms with E-state index < -0.39 is 6.10 Å². The molecule has 0 fully saturated rings. The molecule has 4 heteroatoms. The third-order valence-corrected chi connectivity index (χ3v) is 2.33. The highest BCUT2D eigenvalue weighted by Gasteiger charge is 2.08. The highest BCUT2D eigenvalue weighted by molar-refractivity contribution is 5.20. The van der Waals surface area contributed by atoms with Crippen LogP contribution in [0.15, 0.2) is 42.7 Å². The monoisotopic (exact) mass is 218 g/mol. The zero-order valence-electron chi connectivity index (χ0n) is 8.55. The molecule has 0 spiro atoms. The second-order valence-corrected chi connectivity index (χ2v) is 3.52. The SMILES string of the molecule is OC(Cc1ccc(F)cc1)c1ccnnc1. The lowest BCUT2D eigenvalue weighted by atomic mass is 10.0. The fraction of sp³-hybridized carbons (Fsp3) is 0.167. The predicted octanol–water partition coefficient (Wildman–Crippen LogP) is 1.89. The van der Waals surface area contributed by atoms with E-state index in [1.54, 1.807) is 18.2 Å². The first-order valence-corrected chi connectivity index (χ1v) is 4.95. The summed E-state index contributed by atoms with van der Waals surface area (Å²) in [6.07, 6.45) is 2.85. The van der Waals surface area contributed by atoms with Crippen LogP contribution in [0.25, 0.3) is 0 Å². The van der Waals surface area contributed by atoms with Crippen LogP contribution in [0.2, 0.25) is 0 Å². The summed E-state index contributed by atoms with van der Waals surface area (Å²) in [6.45, 7) is 0. The molecule has 2 aromatic rings. The van der Waals surface area contributed by atoms with Gasteiger partial charge in [-0.3, -0.25) is 0 Å². The molecule has 1 N–H and O–H groups in total. The van der Waals surface area contributed by atoms with Crippen LogP contribution in [0.4, 0.5) is 4.39 Å². The summed E-state index contributed by atoms with van der Waals surface area (Å²) in [5.41, 5.74) is 1.59. The molecule has 1 aromatic carbocycles. The van der Waals surface area contributed by atoms with Crippen LogP contribution < -0.4 is 0 Å². The van der Waals surface area contributed by atoms with Crippen molar-refractivity contribution >= 4 is 0 Å². The molecule has 0 aliphatic rings. The number of aliphatic hydroxyl groups excluding tert-OH is 1. The summed E-state index contributed by atoms with van der Waals surface area (Å²) in [6, 6.07) is 7.79. The maximum Gasteiger partial charge on any atom is 0.123 e. The Morgan fingerprint density at radius 3 is 2.50 bits per heavy atom. The number of halogens is 1. The number of hydrogen-bond donors (Lipinski definition) is 1. The molecule has 2 rings (SSSR count). The Kier molecular flexibility index (Phi) is 3.22. The van der Waals surface area contributed by atoms with E-state index in [0.29, 0.717) is 12.0 Å². The molecule has 82 valence electrons. The van der Waals surface area contributed by atoms with E-state index in [0.717, 1.165) is 5.56 Å². The number of aliphatic hydroxyl groups is 1. The van der Waals surface area contributed by atoms with Crippen LogP contribution in [-0.2, 0) is 6.42 Å². The minimum atomic E-state index is -0.638. The lowest BCUT2D eigenvalue weighted by molar-refractivity contribution is 0.178. The number of nitrogens with zero attached hydrogens (tertiary/aromatic N) is 2. The van der Waals surface area contributed by atoms with E-state index in [2.05, 4.69) is 10.2 Å². The molecule has 0 bridgehead atoms. The van der Waals surface area contributed by atoms with Gasteiger partial charge < -0.3 is 5.11 Å². The molecule has 1 heterocycles. The normalized spacial score (nSPS) is 12.4. The zero-order chi connectivity index (χ0) is 11.4. The molecule has 0 amide bonds. The van der Waals surface area contributed by atoms with Crippen LogP contribution in [0.1, 0.15) is 17.2 Å². The van der Waals surface area contributed by atoms with Crippen molar-refractivity contribution < 1.29 is 9.50 Å². The van der Waals surface area contributed by atoms with Crippen molar-refractivity contribution in [1.29, 1.82) is 0 Å². The fourth-order valence-corrected chi connectivity index (χ4v) is 1.46. The number of aromatic nitrogens is 2. The molecular weight excluding hydrogens is 207 g/mol. The molecule has 3 nitrogen and oxygen atoms in total. The van der Waals surface area contributed by atoms with E-state index in [-0.39, 0.29) is 5.82 Å². The molecule has 0 aliphatic carbocycles. The topological polar surface area (TPSA) is 46.0 Å². The Balaban J connectivity index is 2.08. The van der Waals surface area contributed by atoms with Gasteiger partial charge in [-0.15, -0.1) is 0 Å². The average molecular weight is 218 g/mol. The highest BCUT2D eigenvalue weighted by atomic mass is 19.1. The summed E-state index contributed by atoms with van der Waals surface area (Å²) >= 11 is 0. The minimum absolute atomic E-state index is 0.274. The first kappa shape index (κ1) is 10.7. The van der Waals surface area contributed by atoms with Crippen molar-refractivity contribution in [1.82, 2.24) is 10.2 Å².